The van der Waals surface area contributed by atoms with Gasteiger partial charge in [0.05, 0.1) is 12.8 Å². The zero-order valence-electron chi connectivity index (χ0n) is 8.07. The molecule has 0 aromatic carbocycles. The van der Waals surface area contributed by atoms with Crippen LogP contribution in [0.15, 0.2) is 12.3 Å². The monoisotopic (exact) mass is 193 g/mol. The highest BCUT2D eigenvalue weighted by atomic mass is 16.5. The van der Waals surface area contributed by atoms with Gasteiger partial charge >= 0.3 is 5.97 Å². The lowest BCUT2D eigenvalue weighted by molar-refractivity contribution is 0.0520. The molecule has 0 amide bonds. The third-order valence-electron chi connectivity index (χ3n) is 1.86. The molecule has 0 atom stereocenters. The van der Waals surface area contributed by atoms with Crippen molar-refractivity contribution in [2.75, 3.05) is 6.61 Å². The number of aromatic nitrogens is 3. The van der Waals surface area contributed by atoms with Gasteiger partial charge in [-0.2, -0.15) is 0 Å². The average molecular weight is 193 g/mol. The highest BCUT2D eigenvalue weighted by Gasteiger charge is 2.12. The Labute approximate surface area is 80.7 Å². The molecule has 0 radical (unpaired) electrons. The molecular weight excluding hydrogens is 182 g/mol. The Bertz CT molecular complexity index is 438. The molecule has 0 saturated carbocycles. The number of imidazole rings is 1. The topological polar surface area (TPSA) is 59.4 Å². The van der Waals surface area contributed by atoms with Crippen LogP contribution in [0.25, 0.3) is 5.65 Å². The molecule has 0 aliphatic rings. The summed E-state index contributed by atoms with van der Waals surface area (Å²) in [4.78, 5) is 15.4. The second-order valence-electron chi connectivity index (χ2n) is 3.01. The van der Waals surface area contributed by atoms with Crippen LogP contribution in [0.5, 0.6) is 0 Å². The number of nitrogens with one attached hydrogen (secondary N) is 1. The Balaban J connectivity index is 2.36. The molecular formula is C9H11N3O2. The number of nitrogens with zero attached hydrogens (tertiary/aromatic N) is 2. The van der Waals surface area contributed by atoms with Crippen LogP contribution in [0, 0.1) is 6.92 Å². The minimum Gasteiger partial charge on any atom is -0.461 e. The first kappa shape index (κ1) is 8.80. The van der Waals surface area contributed by atoms with E-state index in [0.29, 0.717) is 12.3 Å². The Morgan fingerprint density at radius 1 is 1.71 bits per heavy atom. The maximum atomic E-state index is 11.3. The number of fused-ring (bicyclic) bond motifs is 1. The Morgan fingerprint density at radius 3 is 3.14 bits per heavy atom. The lowest BCUT2D eigenvalue weighted by atomic mass is 10.5. The van der Waals surface area contributed by atoms with Crippen molar-refractivity contribution in [1.29, 1.82) is 0 Å². The van der Waals surface area contributed by atoms with Gasteiger partial charge in [-0.15, -0.1) is 0 Å². The predicted molar refractivity (Wildman–Crippen MR) is 50.2 cm³/mol. The van der Waals surface area contributed by atoms with E-state index in [9.17, 15) is 4.79 Å². The van der Waals surface area contributed by atoms with Crippen LogP contribution in [0.4, 0.5) is 0 Å². The van der Waals surface area contributed by atoms with Gasteiger partial charge in [0.2, 0.25) is 0 Å². The third kappa shape index (κ3) is 1.37. The number of aryl methyl sites for hydroxylation is 1. The molecule has 74 valence electrons. The molecule has 2 heterocycles. The number of aromatic amines is 1. The summed E-state index contributed by atoms with van der Waals surface area (Å²) in [5.74, 6) is -0.387. The largest absolute Gasteiger partial charge is 0.461 e. The van der Waals surface area contributed by atoms with Gasteiger partial charge < -0.3 is 4.74 Å². The molecule has 0 aliphatic heterocycles. The second-order valence-corrected chi connectivity index (χ2v) is 3.01. The molecule has 5 heteroatoms. The normalized spacial score (nSPS) is 10.7. The van der Waals surface area contributed by atoms with Gasteiger partial charge in [-0.25, -0.2) is 14.3 Å². The van der Waals surface area contributed by atoms with Crippen molar-refractivity contribution in [3.05, 3.63) is 23.7 Å². The number of hydrogen-bond acceptors (Lipinski definition) is 3. The zero-order chi connectivity index (χ0) is 10.1. The van der Waals surface area contributed by atoms with Crippen LogP contribution in [0.3, 0.4) is 0 Å². The summed E-state index contributed by atoms with van der Waals surface area (Å²) < 4.78 is 6.52. The first-order valence-corrected chi connectivity index (χ1v) is 4.42. The Kier molecular flexibility index (Phi) is 1.99. The quantitative estimate of drug-likeness (QED) is 0.728. The fraction of sp³-hybridized carbons (Fsp3) is 0.333. The smallest absolute Gasteiger partial charge is 0.358 e. The first-order valence-electron chi connectivity index (χ1n) is 4.42. The van der Waals surface area contributed by atoms with E-state index in [-0.39, 0.29) is 5.97 Å². The van der Waals surface area contributed by atoms with Crippen LogP contribution >= 0.6 is 0 Å². The number of ether oxygens (including phenoxy) is 1. The van der Waals surface area contributed by atoms with E-state index in [1.807, 2.05) is 13.0 Å². The minimum absolute atomic E-state index is 0.332. The van der Waals surface area contributed by atoms with Crippen LogP contribution in [-0.4, -0.2) is 27.2 Å². The van der Waals surface area contributed by atoms with Gasteiger partial charge in [-0.3, -0.25) is 5.10 Å². The second kappa shape index (κ2) is 3.17. The molecule has 0 spiro atoms. The zero-order valence-corrected chi connectivity index (χ0v) is 8.07. The van der Waals surface area contributed by atoms with Crippen molar-refractivity contribution >= 4 is 11.6 Å². The maximum absolute atomic E-state index is 11.3. The highest BCUT2D eigenvalue weighted by molar-refractivity contribution is 5.87. The van der Waals surface area contributed by atoms with E-state index in [1.54, 1.807) is 17.6 Å². The number of carbonyl (C=O) groups excluding carboxylic acids is 1. The van der Waals surface area contributed by atoms with Crippen LogP contribution < -0.4 is 0 Å². The van der Waals surface area contributed by atoms with Crippen LogP contribution in [-0.2, 0) is 4.74 Å². The molecule has 0 fully saturated rings. The highest BCUT2D eigenvalue weighted by Crippen LogP contribution is 2.07. The molecule has 2 rings (SSSR count). The molecule has 5 nitrogen and oxygen atoms in total. The summed E-state index contributed by atoms with van der Waals surface area (Å²) in [6, 6.07) is 1.86. The van der Waals surface area contributed by atoms with Gasteiger partial charge in [0.25, 0.3) is 0 Å². The maximum Gasteiger partial charge on any atom is 0.358 e. The molecule has 2 aromatic heterocycles. The van der Waals surface area contributed by atoms with E-state index in [1.165, 1.54) is 0 Å². The van der Waals surface area contributed by atoms with Crippen molar-refractivity contribution in [1.82, 2.24) is 14.6 Å². The predicted octanol–water partition coefficient (Wildman–Crippen LogP) is 1.15. The number of esters is 1. The third-order valence-corrected chi connectivity index (χ3v) is 1.86. The number of H-pyrrole nitrogens is 1. The minimum atomic E-state index is -0.387. The number of rotatable bonds is 2. The molecule has 0 unspecified atom stereocenters. The number of hydrogen-bond donors (Lipinski definition) is 1. The standard InChI is InChI=1S/C9H11N3O2/c1-3-14-9(13)7-5-12-8(10-7)4-6(2)11-12/h4-5,11H,3H2,1-2H3. The van der Waals surface area contributed by atoms with Crippen molar-refractivity contribution in [3.8, 4) is 0 Å². The molecule has 14 heavy (non-hydrogen) atoms. The van der Waals surface area contributed by atoms with Crippen LogP contribution in [0.2, 0.25) is 0 Å². The Morgan fingerprint density at radius 2 is 2.50 bits per heavy atom. The lowest BCUT2D eigenvalue weighted by Crippen LogP contribution is -2.04. The van der Waals surface area contributed by atoms with E-state index in [0.717, 1.165) is 11.3 Å². The van der Waals surface area contributed by atoms with E-state index < -0.39 is 0 Å². The lowest BCUT2D eigenvalue weighted by Gasteiger charge is -1.95. The van der Waals surface area contributed by atoms with Crippen molar-refractivity contribution < 1.29 is 9.53 Å². The molecule has 0 bridgehead atoms. The Hall–Kier alpha value is -1.78. The van der Waals surface area contributed by atoms with Gasteiger partial charge in [0, 0.05) is 11.8 Å². The van der Waals surface area contributed by atoms with Crippen molar-refractivity contribution in [2.45, 2.75) is 13.8 Å². The summed E-state index contributed by atoms with van der Waals surface area (Å²) in [5, 5.41) is 3.02. The van der Waals surface area contributed by atoms with E-state index >= 15 is 0 Å². The molecule has 0 saturated heterocycles. The van der Waals surface area contributed by atoms with Gasteiger partial charge in [-0.05, 0) is 13.8 Å². The van der Waals surface area contributed by atoms with Gasteiger partial charge in [0.1, 0.15) is 0 Å². The summed E-state index contributed by atoms with van der Waals surface area (Å²) >= 11 is 0. The molecule has 0 aliphatic carbocycles. The fourth-order valence-corrected chi connectivity index (χ4v) is 1.31. The average Bonchev–Trinajstić information content (AvgIpc) is 2.61. The van der Waals surface area contributed by atoms with Crippen LogP contribution in [0.1, 0.15) is 23.1 Å². The summed E-state index contributed by atoms with van der Waals surface area (Å²) in [6.45, 7) is 4.06. The summed E-state index contributed by atoms with van der Waals surface area (Å²) in [6.07, 6.45) is 1.63. The SMILES string of the molecule is CCOC(=O)c1cn2[nH]c(C)cc2n1. The first-order chi connectivity index (χ1) is 6.70. The fourth-order valence-electron chi connectivity index (χ4n) is 1.31. The summed E-state index contributed by atoms with van der Waals surface area (Å²) in [7, 11) is 0. The summed E-state index contributed by atoms with van der Waals surface area (Å²) in [5.41, 5.74) is 2.06. The number of carbonyl (C=O) groups is 1. The molecule has 1 N–H and O–H groups in total. The van der Waals surface area contributed by atoms with Gasteiger partial charge in [-0.1, -0.05) is 0 Å². The van der Waals surface area contributed by atoms with E-state index in [4.69, 9.17) is 4.74 Å². The van der Waals surface area contributed by atoms with Crippen molar-refractivity contribution in [3.63, 3.8) is 0 Å². The molecule has 2 aromatic rings. The van der Waals surface area contributed by atoms with Crippen molar-refractivity contribution in [2.24, 2.45) is 0 Å². The van der Waals surface area contributed by atoms with Gasteiger partial charge in [0.15, 0.2) is 11.3 Å². The van der Waals surface area contributed by atoms with E-state index in [2.05, 4.69) is 10.1 Å².